The number of carbonyl (C=O) groups excluding carboxylic acids is 2. The molecule has 1 fully saturated rings. The molecule has 116 valence electrons. The molecule has 9 heteroatoms. The van der Waals surface area contributed by atoms with Gasteiger partial charge in [0, 0.05) is 5.69 Å². The molecule has 6 nitrogen and oxygen atoms in total. The van der Waals surface area contributed by atoms with Crippen LogP contribution in [0.25, 0.3) is 0 Å². The molecule has 0 saturated heterocycles. The van der Waals surface area contributed by atoms with E-state index in [9.17, 15) is 22.8 Å². The lowest BCUT2D eigenvalue weighted by Gasteiger charge is -2.12. The Hall–Kier alpha value is -2.76. The fraction of sp³-hybridized carbons (Fsp3) is 0.308. The van der Waals surface area contributed by atoms with Crippen LogP contribution < -0.4 is 10.8 Å². The lowest BCUT2D eigenvalue weighted by molar-refractivity contribution is -0.150. The lowest BCUT2D eigenvalue weighted by atomic mass is 10.1. The van der Waals surface area contributed by atoms with Crippen LogP contribution in [0, 0.1) is 17.2 Å². The van der Waals surface area contributed by atoms with Gasteiger partial charge in [0.25, 0.3) is 0 Å². The summed E-state index contributed by atoms with van der Waals surface area (Å²) >= 11 is 0. The molecule has 0 aromatic heterocycles. The molecule has 0 spiro atoms. The molecular formula is C13H10F3N3O3. The Kier molecular flexibility index (Phi) is 4.21. The van der Waals surface area contributed by atoms with Gasteiger partial charge in [-0.2, -0.15) is 23.9 Å². The van der Waals surface area contributed by atoms with Gasteiger partial charge in [-0.3, -0.25) is 0 Å². The second kappa shape index (κ2) is 5.93. The van der Waals surface area contributed by atoms with E-state index < -0.39 is 29.3 Å². The molecule has 2 amide bonds. The van der Waals surface area contributed by atoms with E-state index in [-0.39, 0.29) is 11.6 Å². The first kappa shape index (κ1) is 15.6. The van der Waals surface area contributed by atoms with Crippen LogP contribution in [0.1, 0.15) is 24.0 Å². The van der Waals surface area contributed by atoms with Crippen LogP contribution in [-0.2, 0) is 15.8 Å². The Labute approximate surface area is 122 Å². The first-order valence-corrected chi connectivity index (χ1v) is 6.20. The van der Waals surface area contributed by atoms with Crippen LogP contribution in [0.5, 0.6) is 0 Å². The number of benzene rings is 1. The molecule has 2 N–H and O–H groups in total. The third kappa shape index (κ3) is 3.88. The molecule has 0 heterocycles. The number of hydrogen-bond acceptors (Lipinski definition) is 4. The molecule has 1 aliphatic carbocycles. The van der Waals surface area contributed by atoms with E-state index in [1.807, 2.05) is 0 Å². The van der Waals surface area contributed by atoms with E-state index in [4.69, 9.17) is 5.26 Å². The number of urea groups is 1. The van der Waals surface area contributed by atoms with Crippen molar-refractivity contribution in [3.8, 4) is 6.07 Å². The number of amides is 2. The molecular weight excluding hydrogens is 303 g/mol. The Morgan fingerprint density at radius 2 is 2.00 bits per heavy atom. The molecule has 1 aromatic rings. The molecule has 2 rings (SSSR count). The SMILES string of the molecule is N#Cc1ccc(NC(=O)NOC(=O)C2CC2)cc1C(F)(F)F. The normalized spacial score (nSPS) is 13.9. The molecule has 1 saturated carbocycles. The van der Waals surface area contributed by atoms with Gasteiger partial charge in [-0.15, -0.1) is 0 Å². The highest BCUT2D eigenvalue weighted by molar-refractivity contribution is 5.89. The Morgan fingerprint density at radius 1 is 1.32 bits per heavy atom. The van der Waals surface area contributed by atoms with Crippen molar-refractivity contribution in [3.05, 3.63) is 29.3 Å². The highest BCUT2D eigenvalue weighted by Crippen LogP contribution is 2.33. The van der Waals surface area contributed by atoms with Gasteiger partial charge in [-0.25, -0.2) is 9.59 Å². The Morgan fingerprint density at radius 3 is 2.55 bits per heavy atom. The van der Waals surface area contributed by atoms with Gasteiger partial charge >= 0.3 is 18.2 Å². The van der Waals surface area contributed by atoms with Crippen LogP contribution in [0.2, 0.25) is 0 Å². The zero-order valence-electron chi connectivity index (χ0n) is 11.0. The Balaban J connectivity index is 2.01. The monoisotopic (exact) mass is 313 g/mol. The second-order valence-corrected chi connectivity index (χ2v) is 4.62. The fourth-order valence-electron chi connectivity index (χ4n) is 1.61. The summed E-state index contributed by atoms with van der Waals surface area (Å²) in [6.45, 7) is 0. The molecule has 1 aliphatic rings. The number of anilines is 1. The van der Waals surface area contributed by atoms with E-state index in [1.54, 1.807) is 5.48 Å². The van der Waals surface area contributed by atoms with Crippen molar-refractivity contribution in [3.63, 3.8) is 0 Å². The summed E-state index contributed by atoms with van der Waals surface area (Å²) in [4.78, 5) is 27.1. The number of nitrogens with zero attached hydrogens (tertiary/aromatic N) is 1. The third-order valence-corrected chi connectivity index (χ3v) is 2.86. The smallest absolute Gasteiger partial charge is 0.339 e. The molecule has 0 bridgehead atoms. The van der Waals surface area contributed by atoms with Crippen molar-refractivity contribution in [1.29, 1.82) is 5.26 Å². The van der Waals surface area contributed by atoms with E-state index >= 15 is 0 Å². The molecule has 0 atom stereocenters. The van der Waals surface area contributed by atoms with Crippen LogP contribution in [0.15, 0.2) is 18.2 Å². The van der Waals surface area contributed by atoms with Crippen LogP contribution in [0.4, 0.5) is 23.7 Å². The summed E-state index contributed by atoms with van der Waals surface area (Å²) in [7, 11) is 0. The quantitative estimate of drug-likeness (QED) is 0.821. The molecule has 0 radical (unpaired) electrons. The van der Waals surface area contributed by atoms with Gasteiger partial charge in [0.1, 0.15) is 0 Å². The van der Waals surface area contributed by atoms with Gasteiger partial charge in [0.05, 0.1) is 23.1 Å². The number of hydroxylamine groups is 1. The maximum atomic E-state index is 12.8. The van der Waals surface area contributed by atoms with Gasteiger partial charge in [-0.1, -0.05) is 0 Å². The van der Waals surface area contributed by atoms with Gasteiger partial charge in [-0.05, 0) is 31.0 Å². The van der Waals surface area contributed by atoms with Crippen LogP contribution in [-0.4, -0.2) is 12.0 Å². The lowest BCUT2D eigenvalue weighted by Crippen LogP contribution is -2.31. The predicted octanol–water partition coefficient (Wildman–Crippen LogP) is 2.57. The zero-order chi connectivity index (χ0) is 16.3. The zero-order valence-corrected chi connectivity index (χ0v) is 11.0. The number of nitriles is 1. The van der Waals surface area contributed by atoms with E-state index in [0.29, 0.717) is 18.9 Å². The van der Waals surface area contributed by atoms with E-state index in [2.05, 4.69) is 10.2 Å². The minimum atomic E-state index is -4.72. The van der Waals surface area contributed by atoms with Gasteiger partial charge in [0.2, 0.25) is 0 Å². The summed E-state index contributed by atoms with van der Waals surface area (Å²) in [6, 6.07) is 3.13. The maximum absolute atomic E-state index is 12.8. The molecule has 0 aliphatic heterocycles. The molecule has 0 unspecified atom stereocenters. The largest absolute Gasteiger partial charge is 0.417 e. The fourth-order valence-corrected chi connectivity index (χ4v) is 1.61. The summed E-state index contributed by atoms with van der Waals surface area (Å²) in [5.74, 6) is -0.821. The average molecular weight is 313 g/mol. The number of rotatable bonds is 2. The first-order valence-electron chi connectivity index (χ1n) is 6.20. The second-order valence-electron chi connectivity index (χ2n) is 4.62. The topological polar surface area (TPSA) is 91.2 Å². The molecule has 1 aromatic carbocycles. The number of alkyl halides is 3. The minimum Gasteiger partial charge on any atom is -0.339 e. The van der Waals surface area contributed by atoms with Crippen molar-refractivity contribution in [2.75, 3.05) is 5.32 Å². The minimum absolute atomic E-state index is 0.189. The predicted molar refractivity (Wildman–Crippen MR) is 67.1 cm³/mol. The number of nitrogens with one attached hydrogen (secondary N) is 2. The van der Waals surface area contributed by atoms with Gasteiger partial charge in [0.15, 0.2) is 0 Å². The van der Waals surface area contributed by atoms with Crippen molar-refractivity contribution < 1.29 is 27.6 Å². The highest BCUT2D eigenvalue weighted by atomic mass is 19.4. The number of halogens is 3. The summed E-state index contributed by atoms with van der Waals surface area (Å²) in [6.07, 6.45) is -3.35. The van der Waals surface area contributed by atoms with Crippen molar-refractivity contribution >= 4 is 17.7 Å². The van der Waals surface area contributed by atoms with Gasteiger partial charge < -0.3 is 10.2 Å². The highest BCUT2D eigenvalue weighted by Gasteiger charge is 2.34. The van der Waals surface area contributed by atoms with Crippen LogP contribution >= 0.6 is 0 Å². The average Bonchev–Trinajstić information content (AvgIpc) is 3.28. The van der Waals surface area contributed by atoms with Crippen molar-refractivity contribution in [2.24, 2.45) is 5.92 Å². The Bertz CT molecular complexity index is 648. The maximum Gasteiger partial charge on any atom is 0.417 e. The first-order chi connectivity index (χ1) is 10.3. The third-order valence-electron chi connectivity index (χ3n) is 2.86. The standard InChI is InChI=1S/C13H10F3N3O3/c14-13(15,16)10-5-9(4-3-8(10)6-17)18-12(21)19-22-11(20)7-1-2-7/h3-5,7H,1-2H2,(H2,18,19,21). The van der Waals surface area contributed by atoms with E-state index in [1.165, 1.54) is 6.07 Å². The van der Waals surface area contributed by atoms with Crippen molar-refractivity contribution in [1.82, 2.24) is 5.48 Å². The number of hydrogen-bond donors (Lipinski definition) is 2. The van der Waals surface area contributed by atoms with Crippen molar-refractivity contribution in [2.45, 2.75) is 19.0 Å². The summed E-state index contributed by atoms with van der Waals surface area (Å²) in [5.41, 5.74) is -0.116. The summed E-state index contributed by atoms with van der Waals surface area (Å²) in [5, 5.41) is 10.7. The molecule has 22 heavy (non-hydrogen) atoms. The van der Waals surface area contributed by atoms with Crippen LogP contribution in [0.3, 0.4) is 0 Å². The summed E-state index contributed by atoms with van der Waals surface area (Å²) < 4.78 is 38.3. The number of carbonyl (C=O) groups is 2. The van der Waals surface area contributed by atoms with E-state index in [0.717, 1.165) is 12.1 Å².